The van der Waals surface area contributed by atoms with Gasteiger partial charge in [0.25, 0.3) is 23.6 Å². The number of aromatic amines is 1. The smallest absolute Gasteiger partial charge is 0.339 e. The van der Waals surface area contributed by atoms with Crippen LogP contribution in [0, 0.1) is 62.3 Å². The zero-order chi connectivity index (χ0) is 80.4. The van der Waals surface area contributed by atoms with Crippen molar-refractivity contribution >= 4 is 109 Å². The summed E-state index contributed by atoms with van der Waals surface area (Å²) in [5.41, 5.74) is 15.3. The van der Waals surface area contributed by atoms with Crippen molar-refractivity contribution in [2.24, 2.45) is 0 Å². The Balaban J connectivity index is 0.000000166. The molecule has 5 aromatic carbocycles. The summed E-state index contributed by atoms with van der Waals surface area (Å²) < 4.78 is 32.6. The number of aromatic nitrogens is 6. The van der Waals surface area contributed by atoms with Crippen molar-refractivity contribution in [3.63, 3.8) is 0 Å². The highest BCUT2D eigenvalue weighted by Gasteiger charge is 2.42. The molecule has 3 atom stereocenters. The number of methoxy groups -OCH3 is 2. The Bertz CT molecular complexity index is 5470. The molecule has 2 N–H and O–H groups in total. The van der Waals surface area contributed by atoms with Gasteiger partial charge in [-0.1, -0.05) is 95.5 Å². The van der Waals surface area contributed by atoms with E-state index in [0.717, 1.165) is 83.4 Å². The Kier molecular flexibility index (Phi) is 22.8. The lowest BCUT2D eigenvalue weighted by molar-refractivity contribution is -0.164. The van der Waals surface area contributed by atoms with Crippen LogP contribution in [0.25, 0.3) is 66.5 Å². The molecule has 2 aliphatic rings. The van der Waals surface area contributed by atoms with Crippen LogP contribution in [0.4, 0.5) is 0 Å². The second-order valence-corrected chi connectivity index (χ2v) is 31.7. The van der Waals surface area contributed by atoms with E-state index in [2.05, 4.69) is 4.98 Å². The fourth-order valence-corrected chi connectivity index (χ4v) is 14.6. The molecule has 11 aromatic rings. The lowest BCUT2D eigenvalue weighted by Gasteiger charge is -2.29. The van der Waals surface area contributed by atoms with Crippen LogP contribution < -0.4 is 0 Å². The monoisotopic (exact) mass is 1550 g/mol. The topological polar surface area (TPSA) is 257 Å². The predicted octanol–water partition coefficient (Wildman–Crippen LogP) is 18.9. The Labute approximate surface area is 653 Å². The van der Waals surface area contributed by atoms with Gasteiger partial charge in [0.05, 0.1) is 53.3 Å². The maximum absolute atomic E-state index is 13.2. The van der Waals surface area contributed by atoms with Crippen molar-refractivity contribution in [3.8, 4) is 33.4 Å². The minimum absolute atomic E-state index is 0.00666. The maximum Gasteiger partial charge on any atom is 0.339 e. The zero-order valence-electron chi connectivity index (χ0n) is 65.3. The highest BCUT2D eigenvalue weighted by molar-refractivity contribution is 6.31. The standard InChI is InChI=1S/C32H32ClN3O5.C31H30ClN3O5.C23H27ClN2O3/c1-17-19(3)35(16-36-29(37)22-10-8-9-11-23(22)30(36)38)28-24(17)26(20-12-14-21(33)15-13-20)25(18(2)34-28)27(31(39)40-7)41-32(4,5)6;1-16-18(3)34(15-35-28(36)21-9-7-8-10-22(21)29(35)37)27-23(16)25(19-11-13-20(32)14-12-19)24(17(2)33-27)26(30(38)39)40-31(4,5)6;1-12-13(2)25-21-17(12)19(15-8-10-16(24)11-9-15)18(14(3)26-21)20(22(27)28-7)29-23(4,5)6/h8-15,27H,16H2,1-7H3;7-14,26H,15H2,1-6H3,(H,38,39);8-11,20H,1-7H3,(H,25,26). The van der Waals surface area contributed by atoms with Crippen LogP contribution in [0.15, 0.2) is 121 Å². The number of carbonyl (C=O) groups is 7. The molecule has 0 saturated carbocycles. The second kappa shape index (κ2) is 31.2. The quantitative estimate of drug-likeness (QED) is 0.0673. The van der Waals surface area contributed by atoms with Crippen LogP contribution >= 0.6 is 34.8 Å². The van der Waals surface area contributed by atoms with Crippen LogP contribution in [-0.4, -0.2) is 117 Å². The SMILES string of the molecule is COC(=O)C(OC(C)(C)C)c1c(C)nc2[nH]c(C)c(C)c2c1-c1ccc(Cl)cc1.COC(=O)C(OC(C)(C)C)c1c(C)nc2c(c(C)c(C)n2CN2C(=O)c3ccccc3C2=O)c1-c1ccc(Cl)cc1.Cc1nc2c(c(C)c(C)n2CN2C(=O)c3ccccc3C2=O)c(-c2ccc(Cl)cc2)c1C(OC(C)(C)C)C(=O)O. The zero-order valence-corrected chi connectivity index (χ0v) is 67.6. The first-order valence-corrected chi connectivity index (χ1v) is 36.9. The molecule has 0 bridgehead atoms. The fourth-order valence-electron chi connectivity index (χ4n) is 14.3. The van der Waals surface area contributed by atoms with Crippen LogP contribution in [0.3, 0.4) is 0 Å². The van der Waals surface area contributed by atoms with Crippen molar-refractivity contribution in [1.82, 2.24) is 38.9 Å². The molecular formula is C86H89Cl3N8O13. The van der Waals surface area contributed by atoms with E-state index in [-0.39, 0.29) is 37.0 Å². The highest BCUT2D eigenvalue weighted by atomic mass is 35.5. The minimum atomic E-state index is -1.29. The van der Waals surface area contributed by atoms with E-state index in [9.17, 15) is 38.7 Å². The average molecular weight is 1550 g/mol. The molecule has 21 nitrogen and oxygen atoms in total. The summed E-state index contributed by atoms with van der Waals surface area (Å²) in [6, 6.07) is 35.7. The minimum Gasteiger partial charge on any atom is -0.479 e. The molecule has 0 aliphatic carbocycles. The molecule has 3 unspecified atom stereocenters. The van der Waals surface area contributed by atoms with Crippen LogP contribution in [0.5, 0.6) is 0 Å². The molecule has 4 amide bonds. The summed E-state index contributed by atoms with van der Waals surface area (Å²) in [5.74, 6) is -3.55. The number of hydrogen-bond acceptors (Lipinski definition) is 15. The van der Waals surface area contributed by atoms with Gasteiger partial charge in [0.1, 0.15) is 30.3 Å². The number of amides is 4. The summed E-state index contributed by atoms with van der Waals surface area (Å²) in [6.07, 6.45) is -3.25. The molecule has 13 rings (SSSR count). The van der Waals surface area contributed by atoms with E-state index in [1.807, 2.05) is 155 Å². The number of halogens is 3. The maximum atomic E-state index is 13.2. The highest BCUT2D eigenvalue weighted by Crippen LogP contribution is 2.47. The summed E-state index contributed by atoms with van der Waals surface area (Å²) in [7, 11) is 2.70. The number of rotatable bonds is 16. The summed E-state index contributed by atoms with van der Waals surface area (Å²) in [6.45, 7) is 34.0. The first-order valence-electron chi connectivity index (χ1n) is 35.8. The Morgan fingerprint density at radius 1 is 0.427 bits per heavy atom. The number of aryl methyl sites for hydroxylation is 7. The van der Waals surface area contributed by atoms with Crippen molar-refractivity contribution in [2.45, 2.75) is 173 Å². The number of ether oxygens (including phenoxy) is 5. The van der Waals surface area contributed by atoms with Gasteiger partial charge in [-0.2, -0.15) is 0 Å². The molecule has 0 fully saturated rings. The molecular weight excluding hydrogens is 1460 g/mol. The van der Waals surface area contributed by atoms with Gasteiger partial charge in [0.2, 0.25) is 0 Å². The number of imide groups is 2. The number of carboxylic acid groups (broad SMARTS) is 1. The van der Waals surface area contributed by atoms with E-state index in [1.165, 1.54) is 24.0 Å². The Morgan fingerprint density at radius 2 is 0.718 bits per heavy atom. The van der Waals surface area contributed by atoms with Gasteiger partial charge in [-0.3, -0.25) is 29.0 Å². The average Bonchev–Trinajstić information content (AvgIpc) is 1.55. The van der Waals surface area contributed by atoms with Crippen LogP contribution in [-0.2, 0) is 51.4 Å². The number of carboxylic acids is 1. The Morgan fingerprint density at radius 3 is 1.02 bits per heavy atom. The molecule has 572 valence electrons. The summed E-state index contributed by atoms with van der Waals surface area (Å²) in [5, 5.41) is 14.5. The molecule has 0 radical (unpaired) electrons. The lowest BCUT2D eigenvalue weighted by Crippen LogP contribution is -2.32. The molecule has 24 heteroatoms. The molecule has 6 aromatic heterocycles. The van der Waals surface area contributed by atoms with Crippen molar-refractivity contribution in [2.75, 3.05) is 14.2 Å². The van der Waals surface area contributed by atoms with Gasteiger partial charge >= 0.3 is 17.9 Å². The number of esters is 2. The van der Waals surface area contributed by atoms with E-state index in [4.69, 9.17) is 73.4 Å². The Hall–Kier alpha value is -10.4. The first-order chi connectivity index (χ1) is 51.7. The number of H-pyrrole nitrogens is 1. The van der Waals surface area contributed by atoms with Gasteiger partial charge in [0, 0.05) is 98.8 Å². The van der Waals surface area contributed by atoms with Crippen LogP contribution in [0.1, 0.15) is 190 Å². The fraction of sp³-hybridized carbons (Fsp3) is 0.326. The summed E-state index contributed by atoms with van der Waals surface area (Å²) in [4.78, 5) is 112. The van der Waals surface area contributed by atoms with Crippen molar-refractivity contribution < 1.29 is 62.4 Å². The lowest BCUT2D eigenvalue weighted by atomic mass is 9.91. The summed E-state index contributed by atoms with van der Waals surface area (Å²) >= 11 is 18.6. The molecule has 0 spiro atoms. The largest absolute Gasteiger partial charge is 0.479 e. The normalized spacial score (nSPS) is 13.8. The number of carbonyl (C=O) groups excluding carboxylic acids is 6. The number of benzene rings is 5. The van der Waals surface area contributed by atoms with Gasteiger partial charge in [-0.15, -0.1) is 0 Å². The number of pyridine rings is 3. The number of fused-ring (bicyclic) bond motifs is 5. The van der Waals surface area contributed by atoms with Gasteiger partial charge < -0.3 is 42.9 Å². The molecule has 0 saturated heterocycles. The molecule has 8 heterocycles. The van der Waals surface area contributed by atoms with E-state index < -0.39 is 53.0 Å². The second-order valence-electron chi connectivity index (χ2n) is 30.4. The number of nitrogens with one attached hydrogen (secondary N) is 1. The third-order valence-electron chi connectivity index (χ3n) is 19.6. The number of nitrogens with zero attached hydrogens (tertiary/aromatic N) is 7. The van der Waals surface area contributed by atoms with Gasteiger partial charge in [-0.05, 0) is 219 Å². The number of hydrogen-bond donors (Lipinski definition) is 2. The van der Waals surface area contributed by atoms with Gasteiger partial charge in [0.15, 0.2) is 18.3 Å². The predicted molar refractivity (Wildman–Crippen MR) is 426 cm³/mol. The van der Waals surface area contributed by atoms with Crippen molar-refractivity contribution in [3.05, 3.63) is 226 Å². The van der Waals surface area contributed by atoms with E-state index in [0.29, 0.717) is 88.0 Å². The van der Waals surface area contributed by atoms with Crippen LogP contribution in [0.2, 0.25) is 15.1 Å². The first kappa shape index (κ1) is 80.6. The third-order valence-corrected chi connectivity index (χ3v) is 20.4. The molecule has 110 heavy (non-hydrogen) atoms. The molecule has 2 aliphatic heterocycles. The third kappa shape index (κ3) is 15.7. The van der Waals surface area contributed by atoms with Crippen molar-refractivity contribution in [1.29, 1.82) is 0 Å². The van der Waals surface area contributed by atoms with E-state index in [1.54, 1.807) is 100 Å². The number of aliphatic carboxylic acids is 1. The van der Waals surface area contributed by atoms with Gasteiger partial charge in [-0.25, -0.2) is 29.3 Å². The van der Waals surface area contributed by atoms with E-state index >= 15 is 0 Å².